The van der Waals surface area contributed by atoms with E-state index in [9.17, 15) is 14.2 Å². The van der Waals surface area contributed by atoms with Crippen LogP contribution in [0.25, 0.3) is 0 Å². The van der Waals surface area contributed by atoms with Gasteiger partial charge in [0.1, 0.15) is 0 Å². The molecule has 0 atom stereocenters. The normalized spacial score (nSPS) is 14.8. The Morgan fingerprint density at radius 3 is 1.65 bits per heavy atom. The van der Waals surface area contributed by atoms with E-state index in [-0.39, 0.29) is 32.5 Å². The molecule has 1 N–H and O–H groups in total. The zero-order valence-corrected chi connectivity index (χ0v) is 19.7. The van der Waals surface area contributed by atoms with Crippen molar-refractivity contribution in [2.24, 2.45) is 0 Å². The van der Waals surface area contributed by atoms with Gasteiger partial charge in [-0.15, -0.1) is 0 Å². The molecule has 0 aliphatic heterocycles. The molecule has 182 valence electrons. The minimum Gasteiger partial charge on any atom is -0.434 e. The molecular formula is C20H38NO9P. The summed E-state index contributed by atoms with van der Waals surface area (Å²) in [5.74, 6) is 0. The van der Waals surface area contributed by atoms with Gasteiger partial charge in [0.2, 0.25) is 0 Å². The maximum absolute atomic E-state index is 13.1. The fourth-order valence-corrected chi connectivity index (χ4v) is 4.49. The Morgan fingerprint density at radius 2 is 1.19 bits per heavy atom. The molecule has 0 heterocycles. The smallest absolute Gasteiger partial charge is 0.434 e. The predicted octanol–water partition coefficient (Wildman–Crippen LogP) is 4.96. The van der Waals surface area contributed by atoms with Crippen LogP contribution in [0, 0.1) is 0 Å². The molecule has 1 saturated carbocycles. The monoisotopic (exact) mass is 467 g/mol. The molecule has 0 aromatic rings. The first-order valence-electron chi connectivity index (χ1n) is 11.2. The molecule has 0 radical (unpaired) electrons. The van der Waals surface area contributed by atoms with Gasteiger partial charge in [0.05, 0.1) is 39.6 Å². The Kier molecular flexibility index (Phi) is 15.4. The summed E-state index contributed by atoms with van der Waals surface area (Å²) in [7, 11) is -3.54. The van der Waals surface area contributed by atoms with Crippen LogP contribution in [0.5, 0.6) is 0 Å². The van der Waals surface area contributed by atoms with Crippen LogP contribution >= 0.6 is 7.75 Å². The van der Waals surface area contributed by atoms with Crippen molar-refractivity contribution < 1.29 is 42.1 Å². The Balaban J connectivity index is 2.35. The highest BCUT2D eigenvalue weighted by molar-refractivity contribution is 7.51. The Labute approximate surface area is 185 Å². The summed E-state index contributed by atoms with van der Waals surface area (Å²) < 4.78 is 43.7. The van der Waals surface area contributed by atoms with Gasteiger partial charge in [0.15, 0.2) is 0 Å². The van der Waals surface area contributed by atoms with Gasteiger partial charge in [-0.1, -0.05) is 33.1 Å². The lowest BCUT2D eigenvalue weighted by Gasteiger charge is -2.27. The van der Waals surface area contributed by atoms with E-state index in [0.29, 0.717) is 26.1 Å². The van der Waals surface area contributed by atoms with Gasteiger partial charge in [-0.25, -0.2) is 19.2 Å². The highest BCUT2D eigenvalue weighted by Gasteiger charge is 2.29. The number of rotatable bonds is 16. The van der Waals surface area contributed by atoms with Crippen LogP contribution in [0.2, 0.25) is 0 Å². The average Bonchev–Trinajstić information content (AvgIpc) is 2.76. The number of nitrogens with one attached hydrogen (secondary N) is 1. The van der Waals surface area contributed by atoms with Crippen molar-refractivity contribution >= 4 is 20.1 Å². The minimum atomic E-state index is -3.54. The second kappa shape index (κ2) is 17.2. The molecule has 0 aromatic carbocycles. The molecule has 0 aromatic heterocycles. The zero-order valence-electron chi connectivity index (χ0n) is 18.8. The molecule has 10 nitrogen and oxygen atoms in total. The van der Waals surface area contributed by atoms with Crippen molar-refractivity contribution in [1.82, 2.24) is 5.09 Å². The van der Waals surface area contributed by atoms with E-state index in [1.807, 2.05) is 13.8 Å². The van der Waals surface area contributed by atoms with Crippen LogP contribution in [0.1, 0.15) is 71.6 Å². The number of carbonyl (C=O) groups is 2. The third-order valence-corrected chi connectivity index (χ3v) is 6.06. The number of hydrogen-bond donors (Lipinski definition) is 1. The minimum absolute atomic E-state index is 0.0696. The summed E-state index contributed by atoms with van der Waals surface area (Å²) >= 11 is 0. The molecule has 1 aliphatic rings. The standard InChI is InChI=1S/C20H38NO9P/c1-3-12-25-19(22)27-14-8-16-29-31(24,21-18-10-6-5-7-11-18)30-17-9-15-28-20(23)26-13-4-2/h18H,3-17H2,1-2H3,(H,21,24). The highest BCUT2D eigenvalue weighted by atomic mass is 31.2. The maximum Gasteiger partial charge on any atom is 0.508 e. The zero-order chi connectivity index (χ0) is 22.8. The maximum atomic E-state index is 13.1. The van der Waals surface area contributed by atoms with Gasteiger partial charge in [0.25, 0.3) is 0 Å². The van der Waals surface area contributed by atoms with E-state index in [2.05, 4.69) is 5.09 Å². The molecule has 0 spiro atoms. The van der Waals surface area contributed by atoms with Crippen molar-refractivity contribution in [2.45, 2.75) is 77.7 Å². The molecule has 1 aliphatic carbocycles. The Hall–Kier alpha value is -1.35. The van der Waals surface area contributed by atoms with Crippen LogP contribution in [0.3, 0.4) is 0 Å². The summed E-state index contributed by atoms with van der Waals surface area (Å²) in [6.45, 7) is 4.78. The van der Waals surface area contributed by atoms with Crippen molar-refractivity contribution in [3.8, 4) is 0 Å². The SMILES string of the molecule is CCCOC(=O)OCCCOP(=O)(NC1CCCCC1)OCCCOC(=O)OCCC. The molecule has 11 heteroatoms. The molecular weight excluding hydrogens is 429 g/mol. The van der Waals surface area contributed by atoms with Crippen LogP contribution in [-0.4, -0.2) is 58.0 Å². The van der Waals surface area contributed by atoms with E-state index in [1.54, 1.807) is 0 Å². The highest BCUT2D eigenvalue weighted by Crippen LogP contribution is 2.45. The largest absolute Gasteiger partial charge is 0.508 e. The Bertz CT molecular complexity index is 507. The average molecular weight is 467 g/mol. The third kappa shape index (κ3) is 14.4. The lowest BCUT2D eigenvalue weighted by Crippen LogP contribution is -2.30. The van der Waals surface area contributed by atoms with Gasteiger partial charge < -0.3 is 18.9 Å². The van der Waals surface area contributed by atoms with Crippen molar-refractivity contribution in [2.75, 3.05) is 39.6 Å². The second-order valence-electron chi connectivity index (χ2n) is 7.23. The number of hydrogen-bond acceptors (Lipinski definition) is 9. The topological polar surface area (TPSA) is 119 Å². The van der Waals surface area contributed by atoms with E-state index < -0.39 is 20.1 Å². The molecule has 0 saturated heterocycles. The second-order valence-corrected chi connectivity index (χ2v) is 9.00. The van der Waals surface area contributed by atoms with Crippen molar-refractivity contribution in [3.63, 3.8) is 0 Å². The molecule has 1 rings (SSSR count). The van der Waals surface area contributed by atoms with Gasteiger partial charge in [0, 0.05) is 18.9 Å². The first-order valence-corrected chi connectivity index (χ1v) is 12.8. The summed E-state index contributed by atoms with van der Waals surface area (Å²) in [6.07, 6.45) is 5.83. The van der Waals surface area contributed by atoms with E-state index in [0.717, 1.165) is 38.5 Å². The van der Waals surface area contributed by atoms with Crippen molar-refractivity contribution in [1.29, 1.82) is 0 Å². The fraction of sp³-hybridized carbons (Fsp3) is 0.900. The summed E-state index contributed by atoms with van der Waals surface area (Å²) in [5, 5.41) is 3.03. The molecule has 0 amide bonds. The summed E-state index contributed by atoms with van der Waals surface area (Å²) in [6, 6.07) is 0.0696. The lowest BCUT2D eigenvalue weighted by molar-refractivity contribution is 0.0504. The van der Waals surface area contributed by atoms with Gasteiger partial charge >= 0.3 is 20.1 Å². The van der Waals surface area contributed by atoms with Crippen molar-refractivity contribution in [3.05, 3.63) is 0 Å². The number of carbonyl (C=O) groups excluding carboxylic acids is 2. The third-order valence-electron chi connectivity index (χ3n) is 4.33. The predicted molar refractivity (Wildman–Crippen MR) is 114 cm³/mol. The number of ether oxygens (including phenoxy) is 4. The Morgan fingerprint density at radius 1 is 0.742 bits per heavy atom. The van der Waals surface area contributed by atoms with Crippen LogP contribution in [-0.2, 0) is 32.6 Å². The van der Waals surface area contributed by atoms with Gasteiger partial charge in [-0.05, 0) is 25.7 Å². The first kappa shape index (κ1) is 27.7. The van der Waals surface area contributed by atoms with Crippen LogP contribution < -0.4 is 5.09 Å². The molecule has 0 unspecified atom stereocenters. The summed E-state index contributed by atoms with van der Waals surface area (Å²) in [5.41, 5.74) is 0. The van der Waals surface area contributed by atoms with E-state index in [1.165, 1.54) is 6.42 Å². The van der Waals surface area contributed by atoms with Gasteiger partial charge in [-0.3, -0.25) is 9.05 Å². The van der Waals surface area contributed by atoms with E-state index in [4.69, 9.17) is 28.0 Å². The van der Waals surface area contributed by atoms with E-state index >= 15 is 0 Å². The van der Waals surface area contributed by atoms with Crippen LogP contribution in [0.4, 0.5) is 9.59 Å². The molecule has 31 heavy (non-hydrogen) atoms. The fourth-order valence-electron chi connectivity index (χ4n) is 2.82. The lowest BCUT2D eigenvalue weighted by atomic mass is 9.96. The van der Waals surface area contributed by atoms with Crippen LogP contribution in [0.15, 0.2) is 0 Å². The molecule has 1 fully saturated rings. The first-order chi connectivity index (χ1) is 15.0. The van der Waals surface area contributed by atoms with Gasteiger partial charge in [-0.2, -0.15) is 0 Å². The summed E-state index contributed by atoms with van der Waals surface area (Å²) in [4.78, 5) is 22.6. The molecule has 0 bridgehead atoms. The quantitative estimate of drug-likeness (QED) is 0.190.